The Hall–Kier alpha value is -1.75. The SMILES string of the molecule is COc1cccc(N2CCCC3C(=O)NCC32)c1C(C)O. The quantitative estimate of drug-likeness (QED) is 0.885. The predicted molar refractivity (Wildman–Crippen MR) is 80.5 cm³/mol. The maximum atomic E-state index is 11.9. The number of hydrogen-bond acceptors (Lipinski definition) is 4. The minimum atomic E-state index is -0.610. The first-order valence-electron chi connectivity index (χ1n) is 7.52. The molecule has 5 nitrogen and oxygen atoms in total. The van der Waals surface area contributed by atoms with E-state index in [0.717, 1.165) is 30.6 Å². The highest BCUT2D eigenvalue weighted by molar-refractivity contribution is 5.83. The molecule has 2 aliphatic rings. The molecular weight excluding hydrogens is 268 g/mol. The van der Waals surface area contributed by atoms with E-state index in [4.69, 9.17) is 4.74 Å². The molecule has 2 saturated heterocycles. The Morgan fingerprint density at radius 3 is 3.00 bits per heavy atom. The van der Waals surface area contributed by atoms with Gasteiger partial charge in [-0.25, -0.2) is 0 Å². The maximum absolute atomic E-state index is 11.9. The maximum Gasteiger partial charge on any atom is 0.225 e. The zero-order valence-corrected chi connectivity index (χ0v) is 12.5. The number of ether oxygens (including phenoxy) is 1. The molecule has 2 fully saturated rings. The summed E-state index contributed by atoms with van der Waals surface area (Å²) in [5, 5.41) is 13.1. The van der Waals surface area contributed by atoms with Gasteiger partial charge in [-0.2, -0.15) is 0 Å². The van der Waals surface area contributed by atoms with Crippen molar-refractivity contribution in [1.29, 1.82) is 0 Å². The van der Waals surface area contributed by atoms with Crippen LogP contribution in [0.4, 0.5) is 5.69 Å². The predicted octanol–water partition coefficient (Wildman–Crippen LogP) is 1.46. The molecule has 1 aromatic rings. The van der Waals surface area contributed by atoms with E-state index in [1.54, 1.807) is 14.0 Å². The number of methoxy groups -OCH3 is 1. The molecule has 0 radical (unpaired) electrons. The number of hydrogen-bond donors (Lipinski definition) is 2. The van der Waals surface area contributed by atoms with Crippen molar-refractivity contribution in [3.05, 3.63) is 23.8 Å². The van der Waals surface area contributed by atoms with Crippen molar-refractivity contribution in [3.8, 4) is 5.75 Å². The van der Waals surface area contributed by atoms with Gasteiger partial charge in [-0.15, -0.1) is 0 Å². The Morgan fingerprint density at radius 1 is 1.48 bits per heavy atom. The summed E-state index contributed by atoms with van der Waals surface area (Å²) in [6, 6.07) is 5.99. The van der Waals surface area contributed by atoms with Crippen LogP contribution in [0.25, 0.3) is 0 Å². The molecule has 1 aromatic carbocycles. The first-order chi connectivity index (χ1) is 10.1. The molecule has 0 bridgehead atoms. The van der Waals surface area contributed by atoms with Gasteiger partial charge in [-0.1, -0.05) is 6.07 Å². The van der Waals surface area contributed by atoms with Crippen molar-refractivity contribution >= 4 is 11.6 Å². The lowest BCUT2D eigenvalue weighted by Gasteiger charge is -2.39. The standard InChI is InChI=1S/C16H22N2O3/c1-10(19)15-12(6-3-7-14(15)21-2)18-8-4-5-11-13(18)9-17-16(11)20/h3,6-7,10-11,13,19H,4-5,8-9H2,1-2H3,(H,17,20). The van der Waals surface area contributed by atoms with Crippen LogP contribution in [0.15, 0.2) is 18.2 Å². The molecule has 0 aliphatic carbocycles. The Labute approximate surface area is 124 Å². The van der Waals surface area contributed by atoms with E-state index in [9.17, 15) is 9.90 Å². The number of amides is 1. The number of aliphatic hydroxyl groups is 1. The number of piperidine rings is 1. The van der Waals surface area contributed by atoms with E-state index in [0.29, 0.717) is 12.3 Å². The highest BCUT2D eigenvalue weighted by atomic mass is 16.5. The Bertz CT molecular complexity index is 544. The summed E-state index contributed by atoms with van der Waals surface area (Å²) in [7, 11) is 1.62. The van der Waals surface area contributed by atoms with Crippen LogP contribution in [0.3, 0.4) is 0 Å². The normalized spacial score (nSPS) is 26.2. The lowest BCUT2D eigenvalue weighted by Crippen LogP contribution is -2.46. The third kappa shape index (κ3) is 2.35. The largest absolute Gasteiger partial charge is 0.496 e. The summed E-state index contributed by atoms with van der Waals surface area (Å²) in [5.41, 5.74) is 1.79. The number of nitrogens with zero attached hydrogens (tertiary/aromatic N) is 1. The van der Waals surface area contributed by atoms with Crippen molar-refractivity contribution in [2.75, 3.05) is 25.1 Å². The van der Waals surface area contributed by atoms with Crippen molar-refractivity contribution < 1.29 is 14.6 Å². The monoisotopic (exact) mass is 290 g/mol. The molecule has 3 rings (SSSR count). The van der Waals surface area contributed by atoms with Gasteiger partial charge in [0.25, 0.3) is 0 Å². The third-order valence-corrected chi connectivity index (χ3v) is 4.59. The van der Waals surface area contributed by atoms with Gasteiger partial charge in [0.1, 0.15) is 5.75 Å². The highest BCUT2D eigenvalue weighted by Gasteiger charge is 2.41. The van der Waals surface area contributed by atoms with Crippen LogP contribution >= 0.6 is 0 Å². The van der Waals surface area contributed by atoms with Crippen LogP contribution in [0.2, 0.25) is 0 Å². The Morgan fingerprint density at radius 2 is 2.29 bits per heavy atom. The van der Waals surface area contributed by atoms with Crippen LogP contribution in [0.5, 0.6) is 5.75 Å². The van der Waals surface area contributed by atoms with Crippen molar-refractivity contribution in [2.45, 2.75) is 31.9 Å². The summed E-state index contributed by atoms with van der Waals surface area (Å²) in [4.78, 5) is 14.2. The number of benzene rings is 1. The molecule has 3 atom stereocenters. The van der Waals surface area contributed by atoms with Gasteiger partial charge in [0.15, 0.2) is 0 Å². The van der Waals surface area contributed by atoms with E-state index in [-0.39, 0.29) is 17.9 Å². The van der Waals surface area contributed by atoms with E-state index in [1.807, 2.05) is 18.2 Å². The van der Waals surface area contributed by atoms with Crippen molar-refractivity contribution in [3.63, 3.8) is 0 Å². The molecule has 0 spiro atoms. The molecule has 5 heteroatoms. The number of anilines is 1. The smallest absolute Gasteiger partial charge is 0.225 e. The number of fused-ring (bicyclic) bond motifs is 1. The van der Waals surface area contributed by atoms with Crippen LogP contribution < -0.4 is 15.0 Å². The van der Waals surface area contributed by atoms with Gasteiger partial charge in [0.2, 0.25) is 5.91 Å². The van der Waals surface area contributed by atoms with E-state index >= 15 is 0 Å². The average Bonchev–Trinajstić information content (AvgIpc) is 2.88. The summed E-state index contributed by atoms with van der Waals surface area (Å²) in [6.45, 7) is 3.34. The zero-order chi connectivity index (χ0) is 15.0. The van der Waals surface area contributed by atoms with Crippen molar-refractivity contribution in [1.82, 2.24) is 5.32 Å². The highest BCUT2D eigenvalue weighted by Crippen LogP contribution is 2.39. The summed E-state index contributed by atoms with van der Waals surface area (Å²) in [6.07, 6.45) is 1.33. The number of aliphatic hydroxyl groups excluding tert-OH is 1. The van der Waals surface area contributed by atoms with Crippen LogP contribution in [-0.2, 0) is 4.79 Å². The average molecular weight is 290 g/mol. The fraction of sp³-hybridized carbons (Fsp3) is 0.562. The van der Waals surface area contributed by atoms with Gasteiger partial charge < -0.3 is 20.1 Å². The molecule has 1 amide bonds. The molecule has 2 N–H and O–H groups in total. The topological polar surface area (TPSA) is 61.8 Å². The Kier molecular flexibility index (Phi) is 3.76. The fourth-order valence-corrected chi connectivity index (χ4v) is 3.63. The second kappa shape index (κ2) is 5.56. The molecule has 2 aliphatic heterocycles. The van der Waals surface area contributed by atoms with Gasteiger partial charge in [-0.3, -0.25) is 4.79 Å². The molecule has 21 heavy (non-hydrogen) atoms. The molecule has 3 unspecified atom stereocenters. The van der Waals surface area contributed by atoms with Gasteiger partial charge in [0.05, 0.1) is 25.2 Å². The first kappa shape index (κ1) is 14.2. The molecule has 114 valence electrons. The van der Waals surface area contributed by atoms with Gasteiger partial charge in [-0.05, 0) is 31.9 Å². The van der Waals surface area contributed by atoms with E-state index in [2.05, 4.69) is 10.2 Å². The van der Waals surface area contributed by atoms with Crippen LogP contribution in [0, 0.1) is 5.92 Å². The Balaban J connectivity index is 2.01. The number of carbonyl (C=O) groups excluding carboxylic acids is 1. The molecule has 0 aromatic heterocycles. The number of nitrogens with one attached hydrogen (secondary N) is 1. The van der Waals surface area contributed by atoms with Gasteiger partial charge >= 0.3 is 0 Å². The molecular formula is C16H22N2O3. The minimum Gasteiger partial charge on any atom is -0.496 e. The summed E-state index contributed by atoms with van der Waals surface area (Å²) >= 11 is 0. The zero-order valence-electron chi connectivity index (χ0n) is 12.5. The first-order valence-corrected chi connectivity index (χ1v) is 7.52. The van der Waals surface area contributed by atoms with E-state index < -0.39 is 6.10 Å². The number of rotatable bonds is 3. The second-order valence-electron chi connectivity index (χ2n) is 5.82. The van der Waals surface area contributed by atoms with Crippen LogP contribution in [-0.4, -0.2) is 37.3 Å². The lowest BCUT2D eigenvalue weighted by atomic mass is 9.90. The lowest BCUT2D eigenvalue weighted by molar-refractivity contribution is -0.122. The van der Waals surface area contributed by atoms with Crippen LogP contribution in [0.1, 0.15) is 31.4 Å². The summed E-state index contributed by atoms with van der Waals surface area (Å²) in [5.74, 6) is 0.917. The molecule has 0 saturated carbocycles. The number of carbonyl (C=O) groups is 1. The summed E-state index contributed by atoms with van der Waals surface area (Å²) < 4.78 is 5.40. The minimum absolute atomic E-state index is 0.0619. The molecule has 2 heterocycles. The van der Waals surface area contributed by atoms with Crippen molar-refractivity contribution in [2.24, 2.45) is 5.92 Å². The third-order valence-electron chi connectivity index (χ3n) is 4.59. The second-order valence-corrected chi connectivity index (χ2v) is 5.82. The fourth-order valence-electron chi connectivity index (χ4n) is 3.63. The van der Waals surface area contributed by atoms with E-state index in [1.165, 1.54) is 0 Å². The van der Waals surface area contributed by atoms with Gasteiger partial charge in [0, 0.05) is 24.3 Å².